The Kier molecular flexibility index (Phi) is 4.15. The third kappa shape index (κ3) is 3.53. The molecule has 4 heteroatoms. The van der Waals surface area contributed by atoms with Gasteiger partial charge in [0.05, 0.1) is 5.69 Å². The molecular weight excluding hydrogens is 252 g/mol. The minimum absolute atomic E-state index is 0.783. The van der Waals surface area contributed by atoms with Gasteiger partial charge in [-0.1, -0.05) is 23.7 Å². The molecule has 1 aromatic heterocycles. The Morgan fingerprint density at radius 1 is 1.29 bits per heavy atom. The van der Waals surface area contributed by atoms with Crippen LogP contribution in [0.4, 0.5) is 0 Å². The quantitative estimate of drug-likeness (QED) is 0.913. The van der Waals surface area contributed by atoms with Crippen LogP contribution in [0.2, 0.25) is 5.02 Å². The number of hydrogen-bond donors (Lipinski definition) is 1. The van der Waals surface area contributed by atoms with Crippen molar-refractivity contribution in [1.82, 2.24) is 10.3 Å². The van der Waals surface area contributed by atoms with Crippen LogP contribution in [-0.4, -0.2) is 4.98 Å². The highest BCUT2D eigenvalue weighted by Gasteiger charge is 2.02. The Labute approximate surface area is 111 Å². The van der Waals surface area contributed by atoms with E-state index in [4.69, 9.17) is 11.6 Å². The number of hydrogen-bond acceptors (Lipinski definition) is 3. The van der Waals surface area contributed by atoms with Gasteiger partial charge in [0.1, 0.15) is 5.01 Å². The molecule has 0 aliphatic carbocycles. The number of aryl methyl sites for hydroxylation is 2. The molecule has 0 saturated carbocycles. The van der Waals surface area contributed by atoms with Crippen LogP contribution in [0.3, 0.4) is 0 Å². The lowest BCUT2D eigenvalue weighted by molar-refractivity contribution is 0.689. The van der Waals surface area contributed by atoms with Gasteiger partial charge in [-0.3, -0.25) is 0 Å². The van der Waals surface area contributed by atoms with Gasteiger partial charge in [-0.2, -0.15) is 0 Å². The molecule has 0 aliphatic heterocycles. The summed E-state index contributed by atoms with van der Waals surface area (Å²) in [5, 5.41) is 5.30. The fourth-order valence-electron chi connectivity index (χ4n) is 1.58. The van der Waals surface area contributed by atoms with Crippen molar-refractivity contribution in [2.24, 2.45) is 0 Å². The molecule has 0 aliphatic rings. The monoisotopic (exact) mass is 266 g/mol. The highest BCUT2D eigenvalue weighted by molar-refractivity contribution is 7.11. The second-order valence-electron chi connectivity index (χ2n) is 3.98. The molecule has 1 heterocycles. The van der Waals surface area contributed by atoms with Gasteiger partial charge < -0.3 is 5.32 Å². The van der Waals surface area contributed by atoms with Gasteiger partial charge in [0.25, 0.3) is 0 Å². The first-order valence-corrected chi connectivity index (χ1v) is 6.72. The van der Waals surface area contributed by atoms with Crippen LogP contribution in [0.5, 0.6) is 0 Å². The molecule has 1 N–H and O–H groups in total. The summed E-state index contributed by atoms with van der Waals surface area (Å²) >= 11 is 7.68. The van der Waals surface area contributed by atoms with Gasteiger partial charge in [0, 0.05) is 23.0 Å². The number of nitrogens with zero attached hydrogens (tertiary/aromatic N) is 1. The average molecular weight is 267 g/mol. The van der Waals surface area contributed by atoms with Crippen LogP contribution >= 0.6 is 22.9 Å². The normalized spacial score (nSPS) is 10.8. The van der Waals surface area contributed by atoms with Crippen molar-refractivity contribution in [3.05, 3.63) is 50.4 Å². The van der Waals surface area contributed by atoms with E-state index in [2.05, 4.69) is 23.3 Å². The number of rotatable bonds is 4. The summed E-state index contributed by atoms with van der Waals surface area (Å²) in [4.78, 5) is 5.78. The van der Waals surface area contributed by atoms with Crippen molar-refractivity contribution in [3.8, 4) is 0 Å². The second kappa shape index (κ2) is 5.63. The van der Waals surface area contributed by atoms with E-state index in [1.807, 2.05) is 25.1 Å². The van der Waals surface area contributed by atoms with E-state index in [9.17, 15) is 0 Å². The highest BCUT2D eigenvalue weighted by atomic mass is 35.5. The summed E-state index contributed by atoms with van der Waals surface area (Å²) in [6.45, 7) is 5.78. The summed E-state index contributed by atoms with van der Waals surface area (Å²) in [6.07, 6.45) is 0. The lowest BCUT2D eigenvalue weighted by Crippen LogP contribution is -2.12. The van der Waals surface area contributed by atoms with Crippen molar-refractivity contribution in [2.75, 3.05) is 0 Å². The minimum atomic E-state index is 0.783. The van der Waals surface area contributed by atoms with E-state index in [0.717, 1.165) is 28.8 Å². The van der Waals surface area contributed by atoms with Gasteiger partial charge in [0.2, 0.25) is 0 Å². The molecule has 0 unspecified atom stereocenters. The number of aromatic nitrogens is 1. The molecule has 0 atom stereocenters. The molecule has 0 radical (unpaired) electrons. The van der Waals surface area contributed by atoms with E-state index < -0.39 is 0 Å². The zero-order valence-corrected chi connectivity index (χ0v) is 11.5. The molecule has 0 bridgehead atoms. The van der Waals surface area contributed by atoms with E-state index >= 15 is 0 Å². The number of thiazole rings is 1. The van der Waals surface area contributed by atoms with E-state index in [1.165, 1.54) is 10.4 Å². The standard InChI is InChI=1S/C13H15ClN2S/c1-9-10(2)17-13(16-9)8-15-7-11-4-3-5-12(14)6-11/h3-6,15H,7-8H2,1-2H3. The summed E-state index contributed by atoms with van der Waals surface area (Å²) < 4.78 is 0. The van der Waals surface area contributed by atoms with E-state index in [-0.39, 0.29) is 0 Å². The fraction of sp³-hybridized carbons (Fsp3) is 0.308. The van der Waals surface area contributed by atoms with Crippen molar-refractivity contribution in [2.45, 2.75) is 26.9 Å². The van der Waals surface area contributed by atoms with Crippen LogP contribution in [0.1, 0.15) is 21.1 Å². The van der Waals surface area contributed by atoms with Gasteiger partial charge in [-0.05, 0) is 31.5 Å². The number of benzene rings is 1. The molecule has 17 heavy (non-hydrogen) atoms. The number of nitrogens with one attached hydrogen (secondary N) is 1. The van der Waals surface area contributed by atoms with Gasteiger partial charge in [0.15, 0.2) is 0 Å². The number of halogens is 1. The van der Waals surface area contributed by atoms with Crippen LogP contribution in [-0.2, 0) is 13.1 Å². The van der Waals surface area contributed by atoms with Crippen molar-refractivity contribution in [3.63, 3.8) is 0 Å². The average Bonchev–Trinajstić information content (AvgIpc) is 2.58. The largest absolute Gasteiger partial charge is 0.306 e. The Morgan fingerprint density at radius 3 is 2.76 bits per heavy atom. The maximum Gasteiger partial charge on any atom is 0.107 e. The van der Waals surface area contributed by atoms with Crippen LogP contribution in [0.15, 0.2) is 24.3 Å². The van der Waals surface area contributed by atoms with Gasteiger partial charge in [-0.15, -0.1) is 11.3 Å². The molecule has 0 amide bonds. The Hall–Kier alpha value is -0.900. The second-order valence-corrected chi connectivity index (χ2v) is 5.71. The molecule has 2 rings (SSSR count). The molecule has 1 aromatic carbocycles. The summed E-state index contributed by atoms with van der Waals surface area (Å²) in [7, 11) is 0. The Balaban J connectivity index is 1.87. The minimum Gasteiger partial charge on any atom is -0.306 e. The zero-order valence-electron chi connectivity index (χ0n) is 9.96. The van der Waals surface area contributed by atoms with Crippen molar-refractivity contribution in [1.29, 1.82) is 0 Å². The predicted octanol–water partition coefficient (Wildman–Crippen LogP) is 3.70. The zero-order chi connectivity index (χ0) is 12.3. The Morgan fingerprint density at radius 2 is 2.12 bits per heavy atom. The first-order chi connectivity index (χ1) is 8.15. The molecular formula is C13H15ClN2S. The van der Waals surface area contributed by atoms with E-state index in [1.54, 1.807) is 11.3 Å². The smallest absolute Gasteiger partial charge is 0.107 e. The maximum atomic E-state index is 5.93. The van der Waals surface area contributed by atoms with E-state index in [0.29, 0.717) is 0 Å². The molecule has 0 spiro atoms. The summed E-state index contributed by atoms with van der Waals surface area (Å²) in [5.74, 6) is 0. The lowest BCUT2D eigenvalue weighted by Gasteiger charge is -2.03. The highest BCUT2D eigenvalue weighted by Crippen LogP contribution is 2.16. The summed E-state index contributed by atoms with van der Waals surface area (Å²) in [5.41, 5.74) is 2.33. The van der Waals surface area contributed by atoms with Crippen LogP contribution in [0, 0.1) is 13.8 Å². The maximum absolute atomic E-state index is 5.93. The predicted molar refractivity (Wildman–Crippen MR) is 73.6 cm³/mol. The van der Waals surface area contributed by atoms with Gasteiger partial charge in [-0.25, -0.2) is 4.98 Å². The van der Waals surface area contributed by atoms with Gasteiger partial charge >= 0.3 is 0 Å². The van der Waals surface area contributed by atoms with Crippen molar-refractivity contribution >= 4 is 22.9 Å². The first-order valence-electron chi connectivity index (χ1n) is 5.53. The lowest BCUT2D eigenvalue weighted by atomic mass is 10.2. The molecule has 2 nitrogen and oxygen atoms in total. The molecule has 90 valence electrons. The third-order valence-corrected chi connectivity index (χ3v) is 3.88. The van der Waals surface area contributed by atoms with Crippen molar-refractivity contribution < 1.29 is 0 Å². The SMILES string of the molecule is Cc1nc(CNCc2cccc(Cl)c2)sc1C. The summed E-state index contributed by atoms with van der Waals surface area (Å²) in [6, 6.07) is 7.90. The Bertz CT molecular complexity index is 488. The molecule has 2 aromatic rings. The first kappa shape index (κ1) is 12.6. The van der Waals surface area contributed by atoms with Crippen LogP contribution < -0.4 is 5.32 Å². The fourth-order valence-corrected chi connectivity index (χ4v) is 2.69. The topological polar surface area (TPSA) is 24.9 Å². The molecule has 0 fully saturated rings. The van der Waals surface area contributed by atoms with Crippen LogP contribution in [0.25, 0.3) is 0 Å². The third-order valence-electron chi connectivity index (χ3n) is 2.57. The molecule has 0 saturated heterocycles.